The largest absolute Gasteiger partial charge is 0.465 e. The van der Waals surface area contributed by atoms with Gasteiger partial charge in [-0.05, 0) is 49.8 Å². The number of carbonyl (C=O) groups excluding carboxylic acids is 2. The predicted octanol–water partition coefficient (Wildman–Crippen LogP) is 3.98. The molecule has 164 valence electrons. The number of esters is 1. The number of carbonyl (C=O) groups is 2. The van der Waals surface area contributed by atoms with Gasteiger partial charge in [0, 0.05) is 0 Å². The molecule has 2 rings (SSSR count). The zero-order valence-electron chi connectivity index (χ0n) is 17.0. The van der Waals surface area contributed by atoms with Gasteiger partial charge < -0.3 is 10.2 Å². The van der Waals surface area contributed by atoms with Crippen LogP contribution in [0.2, 0.25) is 0 Å². The summed E-state index contributed by atoms with van der Waals surface area (Å²) in [5.41, 5.74) is 6.31. The first kappa shape index (κ1) is 23.8. The van der Waals surface area contributed by atoms with Gasteiger partial charge in [-0.3, -0.25) is 9.59 Å². The summed E-state index contributed by atoms with van der Waals surface area (Å²) in [6.45, 7) is 3.60. The molecular formula is C22H22F3N3O3. The van der Waals surface area contributed by atoms with E-state index in [1.165, 1.54) is 24.3 Å². The number of hydrogen-bond acceptors (Lipinski definition) is 5. The second-order valence-corrected chi connectivity index (χ2v) is 6.40. The Morgan fingerprint density at radius 2 is 1.71 bits per heavy atom. The quantitative estimate of drug-likeness (QED) is 0.216. The highest BCUT2D eigenvalue weighted by atomic mass is 19.4. The zero-order valence-corrected chi connectivity index (χ0v) is 17.0. The Morgan fingerprint density at radius 1 is 1.06 bits per heavy atom. The van der Waals surface area contributed by atoms with Gasteiger partial charge in [0.1, 0.15) is 6.54 Å². The molecule has 2 N–H and O–H groups in total. The van der Waals surface area contributed by atoms with Gasteiger partial charge in [-0.15, -0.1) is 0 Å². The average Bonchev–Trinajstić information content (AvgIpc) is 2.72. The van der Waals surface area contributed by atoms with E-state index in [4.69, 9.17) is 4.74 Å². The number of halogens is 3. The average molecular weight is 433 g/mol. The number of ketones is 1. The molecule has 0 saturated carbocycles. The van der Waals surface area contributed by atoms with Crippen LogP contribution in [0.3, 0.4) is 0 Å². The maximum absolute atomic E-state index is 12.7. The number of ether oxygens (including phenoxy) is 1. The third kappa shape index (κ3) is 8.06. The molecule has 9 heteroatoms. The van der Waals surface area contributed by atoms with Crippen LogP contribution < -0.4 is 10.9 Å². The molecular weight excluding hydrogens is 411 g/mol. The van der Waals surface area contributed by atoms with E-state index in [1.807, 2.05) is 19.1 Å². The van der Waals surface area contributed by atoms with E-state index < -0.39 is 23.5 Å². The van der Waals surface area contributed by atoms with E-state index in [0.717, 1.165) is 17.7 Å². The summed E-state index contributed by atoms with van der Waals surface area (Å²) in [6, 6.07) is 11.5. The molecule has 6 nitrogen and oxygen atoms in total. The molecule has 0 unspecified atom stereocenters. The molecule has 0 bridgehead atoms. The highest BCUT2D eigenvalue weighted by molar-refractivity contribution is 6.44. The van der Waals surface area contributed by atoms with Gasteiger partial charge in [0.15, 0.2) is 5.84 Å². The standard InChI is InChI=1S/C22H22F3N3O3/c1-3-31-20(30)14-26-28-21(27-18-11-4-15(2)5-12-18)19(29)13-8-16-6-9-17(10-7-16)22(23,24)25/h4-13,26H,3,14H2,1-2H3,(H,27,28)/b13-8+. The smallest absolute Gasteiger partial charge is 0.416 e. The third-order valence-electron chi connectivity index (χ3n) is 3.92. The second-order valence-electron chi connectivity index (χ2n) is 6.40. The van der Waals surface area contributed by atoms with Crippen molar-refractivity contribution in [2.45, 2.75) is 20.0 Å². The van der Waals surface area contributed by atoms with Crippen molar-refractivity contribution in [2.75, 3.05) is 13.2 Å². The lowest BCUT2D eigenvalue weighted by Gasteiger charge is -2.09. The topological polar surface area (TPSA) is 79.8 Å². The van der Waals surface area contributed by atoms with Crippen molar-refractivity contribution < 1.29 is 27.5 Å². The van der Waals surface area contributed by atoms with Crippen molar-refractivity contribution in [2.24, 2.45) is 4.99 Å². The molecule has 31 heavy (non-hydrogen) atoms. The Kier molecular flexibility index (Phi) is 8.51. The minimum absolute atomic E-state index is 0.101. The molecule has 0 radical (unpaired) electrons. The van der Waals surface area contributed by atoms with Gasteiger partial charge in [-0.1, -0.05) is 35.9 Å². The van der Waals surface area contributed by atoms with E-state index in [-0.39, 0.29) is 19.0 Å². The monoisotopic (exact) mass is 433 g/mol. The SMILES string of the molecule is CCOC(=O)CNNC(=Nc1ccc(C)cc1)C(=O)/C=C/c1ccc(C(F)(F)F)cc1. The first-order valence-electron chi connectivity index (χ1n) is 9.38. The summed E-state index contributed by atoms with van der Waals surface area (Å²) in [5, 5.41) is 0. The third-order valence-corrected chi connectivity index (χ3v) is 3.92. The minimum atomic E-state index is -4.43. The van der Waals surface area contributed by atoms with Crippen molar-refractivity contribution >= 4 is 29.4 Å². The molecule has 0 atom stereocenters. The lowest BCUT2D eigenvalue weighted by molar-refractivity contribution is -0.142. The van der Waals surface area contributed by atoms with Gasteiger partial charge in [-0.25, -0.2) is 10.4 Å². The highest BCUT2D eigenvalue weighted by Crippen LogP contribution is 2.29. The number of hydrazine groups is 1. The van der Waals surface area contributed by atoms with E-state index >= 15 is 0 Å². The summed E-state index contributed by atoms with van der Waals surface area (Å²) >= 11 is 0. The molecule has 0 aliphatic carbocycles. The fourth-order valence-corrected chi connectivity index (χ4v) is 2.34. The van der Waals surface area contributed by atoms with Crippen LogP contribution >= 0.6 is 0 Å². The van der Waals surface area contributed by atoms with Crippen LogP contribution in [0.5, 0.6) is 0 Å². The summed E-state index contributed by atoms with van der Waals surface area (Å²) in [4.78, 5) is 28.3. The number of benzene rings is 2. The van der Waals surface area contributed by atoms with Crippen molar-refractivity contribution in [3.63, 3.8) is 0 Å². The van der Waals surface area contributed by atoms with Crippen LogP contribution in [0.25, 0.3) is 6.08 Å². The summed E-state index contributed by atoms with van der Waals surface area (Å²) in [6.07, 6.45) is -1.88. The Labute approximate surface area is 177 Å². The van der Waals surface area contributed by atoms with Crippen molar-refractivity contribution in [3.05, 3.63) is 71.3 Å². The highest BCUT2D eigenvalue weighted by Gasteiger charge is 2.29. The molecule has 0 spiro atoms. The molecule has 0 aliphatic heterocycles. The molecule has 0 heterocycles. The van der Waals surface area contributed by atoms with Crippen LogP contribution in [0.15, 0.2) is 59.6 Å². The second kappa shape index (κ2) is 11.1. The number of hydrogen-bond donors (Lipinski definition) is 2. The van der Waals surface area contributed by atoms with E-state index in [0.29, 0.717) is 11.3 Å². The predicted molar refractivity (Wildman–Crippen MR) is 112 cm³/mol. The first-order chi connectivity index (χ1) is 14.7. The number of aliphatic imine (C=N–C) groups is 1. The van der Waals surface area contributed by atoms with Crippen LogP contribution in [-0.4, -0.2) is 30.7 Å². The van der Waals surface area contributed by atoms with Gasteiger partial charge in [0.2, 0.25) is 5.78 Å². The van der Waals surface area contributed by atoms with Crippen LogP contribution in [0.4, 0.5) is 18.9 Å². The Balaban J connectivity index is 2.15. The van der Waals surface area contributed by atoms with E-state index in [2.05, 4.69) is 15.8 Å². The number of rotatable bonds is 8. The lowest BCUT2D eigenvalue weighted by Crippen LogP contribution is -2.43. The number of nitrogens with zero attached hydrogens (tertiary/aromatic N) is 1. The number of nitrogens with one attached hydrogen (secondary N) is 2. The molecule has 0 aromatic heterocycles. The zero-order chi connectivity index (χ0) is 22.9. The van der Waals surface area contributed by atoms with Crippen LogP contribution in [0.1, 0.15) is 23.6 Å². The molecule has 0 saturated heterocycles. The number of aryl methyl sites for hydroxylation is 1. The number of amidine groups is 1. The lowest BCUT2D eigenvalue weighted by atomic mass is 10.1. The van der Waals surface area contributed by atoms with Crippen LogP contribution in [-0.2, 0) is 20.5 Å². The molecule has 0 fully saturated rings. The molecule has 0 aliphatic rings. The molecule has 2 aromatic carbocycles. The van der Waals surface area contributed by atoms with Gasteiger partial charge in [0.05, 0.1) is 17.9 Å². The normalized spacial score (nSPS) is 12.1. The summed E-state index contributed by atoms with van der Waals surface area (Å²) in [7, 11) is 0. The van der Waals surface area contributed by atoms with Crippen molar-refractivity contribution in [3.8, 4) is 0 Å². The first-order valence-corrected chi connectivity index (χ1v) is 9.38. The Bertz CT molecular complexity index is 951. The van der Waals surface area contributed by atoms with E-state index in [1.54, 1.807) is 19.1 Å². The fraction of sp³-hybridized carbons (Fsp3) is 0.227. The molecule has 2 aromatic rings. The van der Waals surface area contributed by atoms with Crippen LogP contribution in [0, 0.1) is 6.92 Å². The number of alkyl halides is 3. The van der Waals surface area contributed by atoms with Gasteiger partial charge >= 0.3 is 12.1 Å². The summed E-state index contributed by atoms with van der Waals surface area (Å²) < 4.78 is 42.8. The maximum Gasteiger partial charge on any atom is 0.416 e. The Morgan fingerprint density at radius 3 is 2.29 bits per heavy atom. The fourth-order valence-electron chi connectivity index (χ4n) is 2.34. The van der Waals surface area contributed by atoms with Gasteiger partial charge in [0.25, 0.3) is 0 Å². The van der Waals surface area contributed by atoms with Gasteiger partial charge in [-0.2, -0.15) is 13.2 Å². The maximum atomic E-state index is 12.7. The van der Waals surface area contributed by atoms with Crippen molar-refractivity contribution in [1.82, 2.24) is 10.9 Å². The summed E-state index contributed by atoms with van der Waals surface area (Å²) in [5.74, 6) is -1.16. The van der Waals surface area contributed by atoms with E-state index in [9.17, 15) is 22.8 Å². The van der Waals surface area contributed by atoms with Crippen molar-refractivity contribution in [1.29, 1.82) is 0 Å². The minimum Gasteiger partial charge on any atom is -0.465 e. The Hall–Kier alpha value is -3.46. The molecule has 0 amide bonds.